The van der Waals surface area contributed by atoms with Crippen molar-refractivity contribution in [2.45, 2.75) is 33.6 Å². The van der Waals surface area contributed by atoms with Crippen LogP contribution in [0, 0.1) is 0 Å². The van der Waals surface area contributed by atoms with Crippen LogP contribution in [0.15, 0.2) is 5.16 Å². The Hall–Kier alpha value is -1.39. The minimum Gasteiger partial charge on any atom is -0.461 e. The van der Waals surface area contributed by atoms with E-state index in [9.17, 15) is 9.59 Å². The first-order chi connectivity index (χ1) is 7.13. The predicted molar refractivity (Wildman–Crippen MR) is 55.6 cm³/mol. The topological polar surface area (TPSA) is 65.0 Å². The standard InChI is InChI=1S/C10H17NO4/c1-4-6-7-15-11-9(8(3)12)10(13)14-5-2/h4-7H2,1-3H3/b11-9-. The zero-order valence-corrected chi connectivity index (χ0v) is 9.41. The molecule has 0 aliphatic rings. The first kappa shape index (κ1) is 13.6. The molecule has 0 spiro atoms. The zero-order valence-electron chi connectivity index (χ0n) is 9.41. The first-order valence-corrected chi connectivity index (χ1v) is 5.01. The molecule has 5 heteroatoms. The van der Waals surface area contributed by atoms with Gasteiger partial charge in [-0.1, -0.05) is 18.5 Å². The Morgan fingerprint density at radius 1 is 1.27 bits per heavy atom. The van der Waals surface area contributed by atoms with Crippen molar-refractivity contribution in [2.24, 2.45) is 5.16 Å². The monoisotopic (exact) mass is 215 g/mol. The van der Waals surface area contributed by atoms with Gasteiger partial charge in [0.2, 0.25) is 5.71 Å². The van der Waals surface area contributed by atoms with Crippen molar-refractivity contribution in [3.05, 3.63) is 0 Å². The van der Waals surface area contributed by atoms with Gasteiger partial charge in [-0.15, -0.1) is 0 Å². The molecule has 0 heterocycles. The van der Waals surface area contributed by atoms with Gasteiger partial charge in [0.1, 0.15) is 6.61 Å². The zero-order chi connectivity index (χ0) is 11.7. The lowest BCUT2D eigenvalue weighted by molar-refractivity contribution is -0.136. The smallest absolute Gasteiger partial charge is 0.364 e. The second kappa shape index (κ2) is 7.96. The molecular formula is C10H17NO4. The minimum absolute atomic E-state index is 0.208. The fourth-order valence-electron chi connectivity index (χ4n) is 0.764. The Morgan fingerprint density at radius 3 is 2.40 bits per heavy atom. The summed E-state index contributed by atoms with van der Waals surface area (Å²) >= 11 is 0. The summed E-state index contributed by atoms with van der Waals surface area (Å²) in [7, 11) is 0. The van der Waals surface area contributed by atoms with Gasteiger partial charge >= 0.3 is 5.97 Å². The van der Waals surface area contributed by atoms with Crippen LogP contribution in [0.5, 0.6) is 0 Å². The molecule has 0 atom stereocenters. The number of unbranched alkanes of at least 4 members (excludes halogenated alkanes) is 1. The Balaban J connectivity index is 4.25. The van der Waals surface area contributed by atoms with E-state index in [-0.39, 0.29) is 12.3 Å². The van der Waals surface area contributed by atoms with Crippen molar-refractivity contribution in [3.63, 3.8) is 0 Å². The lowest BCUT2D eigenvalue weighted by Gasteiger charge is -2.02. The normalized spacial score (nSPS) is 11.0. The molecule has 0 fully saturated rings. The number of hydrogen-bond donors (Lipinski definition) is 0. The summed E-state index contributed by atoms with van der Waals surface area (Å²) < 4.78 is 4.65. The molecule has 0 saturated heterocycles. The summed E-state index contributed by atoms with van der Waals surface area (Å²) in [5.74, 6) is -1.19. The van der Waals surface area contributed by atoms with Gasteiger partial charge in [0.05, 0.1) is 6.61 Å². The predicted octanol–water partition coefficient (Wildman–Crippen LogP) is 1.31. The SMILES string of the molecule is CCCCO/N=C(/C(C)=O)C(=O)OCC. The number of oxime groups is 1. The molecule has 0 aliphatic carbocycles. The molecule has 86 valence electrons. The van der Waals surface area contributed by atoms with Gasteiger partial charge in [-0.25, -0.2) is 4.79 Å². The van der Waals surface area contributed by atoms with Crippen molar-refractivity contribution in [2.75, 3.05) is 13.2 Å². The molecule has 0 unspecified atom stereocenters. The Kier molecular flexibility index (Phi) is 7.23. The molecule has 0 N–H and O–H groups in total. The van der Waals surface area contributed by atoms with Gasteiger partial charge in [-0.3, -0.25) is 4.79 Å². The number of ether oxygens (including phenoxy) is 1. The quantitative estimate of drug-likeness (QED) is 0.211. The molecule has 5 nitrogen and oxygen atoms in total. The lowest BCUT2D eigenvalue weighted by atomic mass is 10.3. The minimum atomic E-state index is -0.735. The number of rotatable bonds is 7. The summed E-state index contributed by atoms with van der Waals surface area (Å²) in [5, 5.41) is 3.47. The summed E-state index contributed by atoms with van der Waals surface area (Å²) in [4.78, 5) is 27.0. The largest absolute Gasteiger partial charge is 0.461 e. The molecule has 15 heavy (non-hydrogen) atoms. The molecular weight excluding hydrogens is 198 g/mol. The van der Waals surface area contributed by atoms with Crippen LogP contribution in [0.3, 0.4) is 0 Å². The van der Waals surface area contributed by atoms with Gasteiger partial charge < -0.3 is 9.57 Å². The van der Waals surface area contributed by atoms with Crippen molar-refractivity contribution < 1.29 is 19.2 Å². The van der Waals surface area contributed by atoms with E-state index in [1.54, 1.807) is 6.92 Å². The van der Waals surface area contributed by atoms with E-state index in [0.717, 1.165) is 12.8 Å². The second-order valence-corrected chi connectivity index (χ2v) is 2.90. The number of ketones is 1. The van der Waals surface area contributed by atoms with Crippen LogP contribution < -0.4 is 0 Å². The molecule has 0 amide bonds. The van der Waals surface area contributed by atoms with Gasteiger partial charge in [0.25, 0.3) is 0 Å². The molecule has 0 aromatic heterocycles. The summed E-state index contributed by atoms with van der Waals surface area (Å²) in [6.45, 7) is 5.52. The highest BCUT2D eigenvalue weighted by Gasteiger charge is 2.18. The van der Waals surface area contributed by atoms with Crippen LogP contribution in [0.25, 0.3) is 0 Å². The number of carbonyl (C=O) groups excluding carboxylic acids is 2. The Labute approximate surface area is 89.4 Å². The third-order valence-corrected chi connectivity index (χ3v) is 1.55. The molecule has 0 radical (unpaired) electrons. The fourth-order valence-corrected chi connectivity index (χ4v) is 0.764. The van der Waals surface area contributed by atoms with Crippen LogP contribution in [0.4, 0.5) is 0 Å². The van der Waals surface area contributed by atoms with E-state index in [1.165, 1.54) is 6.92 Å². The summed E-state index contributed by atoms with van der Waals surface area (Å²) in [5.41, 5.74) is -0.284. The summed E-state index contributed by atoms with van der Waals surface area (Å²) in [6.07, 6.45) is 1.79. The highest BCUT2D eigenvalue weighted by Crippen LogP contribution is 1.93. The van der Waals surface area contributed by atoms with E-state index >= 15 is 0 Å². The third-order valence-electron chi connectivity index (χ3n) is 1.55. The number of Topliss-reactive ketones (excluding diaryl/α,β-unsaturated/α-hetero) is 1. The van der Waals surface area contributed by atoms with E-state index in [0.29, 0.717) is 6.61 Å². The highest BCUT2D eigenvalue weighted by molar-refractivity contribution is 6.63. The number of esters is 1. The molecule has 0 rings (SSSR count). The van der Waals surface area contributed by atoms with Crippen LogP contribution >= 0.6 is 0 Å². The van der Waals surface area contributed by atoms with Crippen LogP contribution in [-0.2, 0) is 19.2 Å². The van der Waals surface area contributed by atoms with Crippen molar-refractivity contribution in [1.82, 2.24) is 0 Å². The Morgan fingerprint density at radius 2 is 1.93 bits per heavy atom. The molecule has 0 aliphatic heterocycles. The van der Waals surface area contributed by atoms with Crippen molar-refractivity contribution in [1.29, 1.82) is 0 Å². The first-order valence-electron chi connectivity index (χ1n) is 5.01. The maximum Gasteiger partial charge on any atom is 0.364 e. The average Bonchev–Trinajstić information content (AvgIpc) is 2.17. The maximum atomic E-state index is 11.2. The molecule has 0 aromatic carbocycles. The van der Waals surface area contributed by atoms with Crippen molar-refractivity contribution >= 4 is 17.5 Å². The number of nitrogens with zero attached hydrogens (tertiary/aromatic N) is 1. The second-order valence-electron chi connectivity index (χ2n) is 2.90. The molecule has 0 saturated carbocycles. The number of hydrogen-bond acceptors (Lipinski definition) is 5. The lowest BCUT2D eigenvalue weighted by Crippen LogP contribution is -2.24. The summed E-state index contributed by atoms with van der Waals surface area (Å²) in [6, 6.07) is 0. The van der Waals surface area contributed by atoms with Gasteiger partial charge in [0, 0.05) is 6.92 Å². The average molecular weight is 215 g/mol. The molecule has 0 bridgehead atoms. The highest BCUT2D eigenvalue weighted by atomic mass is 16.6. The van der Waals surface area contributed by atoms with Crippen molar-refractivity contribution in [3.8, 4) is 0 Å². The van der Waals surface area contributed by atoms with Gasteiger partial charge in [0.15, 0.2) is 5.78 Å². The van der Waals surface area contributed by atoms with Crippen LogP contribution in [0.1, 0.15) is 33.6 Å². The van der Waals surface area contributed by atoms with Crippen LogP contribution in [-0.4, -0.2) is 30.7 Å². The van der Waals surface area contributed by atoms with E-state index in [2.05, 4.69) is 9.89 Å². The molecule has 0 aromatic rings. The number of carbonyl (C=O) groups is 2. The van der Waals surface area contributed by atoms with Gasteiger partial charge in [-0.05, 0) is 13.3 Å². The van der Waals surface area contributed by atoms with E-state index < -0.39 is 11.8 Å². The van der Waals surface area contributed by atoms with E-state index in [1.807, 2.05) is 6.92 Å². The maximum absolute atomic E-state index is 11.2. The fraction of sp³-hybridized carbons (Fsp3) is 0.700. The Bertz CT molecular complexity index is 248. The van der Waals surface area contributed by atoms with Gasteiger partial charge in [-0.2, -0.15) is 0 Å². The van der Waals surface area contributed by atoms with E-state index in [4.69, 9.17) is 4.84 Å². The van der Waals surface area contributed by atoms with Crippen LogP contribution in [0.2, 0.25) is 0 Å². The third kappa shape index (κ3) is 5.83.